The number of likely N-dealkylation sites (tertiary alicyclic amines) is 1. The molecular weight excluding hydrogens is 322 g/mol. The van der Waals surface area contributed by atoms with E-state index >= 15 is 0 Å². The number of rotatable bonds is 3. The van der Waals surface area contributed by atoms with Crippen molar-refractivity contribution in [2.24, 2.45) is 0 Å². The van der Waals surface area contributed by atoms with Crippen molar-refractivity contribution in [2.75, 3.05) is 0 Å². The Morgan fingerprint density at radius 1 is 1.08 bits per heavy atom. The highest BCUT2D eigenvalue weighted by atomic mass is 16.5. The summed E-state index contributed by atoms with van der Waals surface area (Å²) in [6, 6.07) is 0.207. The van der Waals surface area contributed by atoms with Crippen LogP contribution in [0.15, 0.2) is 4.52 Å². The fourth-order valence-corrected chi connectivity index (χ4v) is 4.76. The summed E-state index contributed by atoms with van der Waals surface area (Å²) in [7, 11) is 0. The molecule has 3 fully saturated rings. The third kappa shape index (κ3) is 2.65. The summed E-state index contributed by atoms with van der Waals surface area (Å²) in [5, 5.41) is 3.92. The van der Waals surface area contributed by atoms with E-state index in [0.29, 0.717) is 37.9 Å². The molecule has 1 aromatic rings. The Kier molecular flexibility index (Phi) is 3.89. The highest BCUT2D eigenvalue weighted by molar-refractivity contribution is 6.02. The van der Waals surface area contributed by atoms with Crippen molar-refractivity contribution in [3.63, 3.8) is 0 Å². The molecule has 7 heteroatoms. The lowest BCUT2D eigenvalue weighted by Gasteiger charge is -2.41. The highest BCUT2D eigenvalue weighted by Gasteiger charge is 2.47. The van der Waals surface area contributed by atoms with Gasteiger partial charge in [0, 0.05) is 36.5 Å². The lowest BCUT2D eigenvalue weighted by molar-refractivity contribution is -0.144. The van der Waals surface area contributed by atoms with Gasteiger partial charge in [-0.15, -0.1) is 0 Å². The molecule has 7 nitrogen and oxygen atoms in total. The predicted octanol–water partition coefficient (Wildman–Crippen LogP) is 1.50. The number of carbonyl (C=O) groups is 3. The summed E-state index contributed by atoms with van der Waals surface area (Å²) in [6.45, 7) is 3.68. The van der Waals surface area contributed by atoms with E-state index < -0.39 is 0 Å². The first-order valence-corrected chi connectivity index (χ1v) is 9.03. The summed E-state index contributed by atoms with van der Waals surface area (Å²) in [6.07, 6.45) is 4.29. The minimum Gasteiger partial charge on any atom is -0.361 e. The van der Waals surface area contributed by atoms with E-state index in [9.17, 15) is 14.4 Å². The van der Waals surface area contributed by atoms with Crippen LogP contribution < -0.4 is 0 Å². The normalized spacial score (nSPS) is 29.0. The molecule has 2 unspecified atom stereocenters. The smallest absolute Gasteiger partial charge is 0.229 e. The summed E-state index contributed by atoms with van der Waals surface area (Å²) in [5.74, 6) is 0.690. The second kappa shape index (κ2) is 5.97. The van der Waals surface area contributed by atoms with Crippen molar-refractivity contribution in [1.29, 1.82) is 0 Å². The van der Waals surface area contributed by atoms with Gasteiger partial charge in [-0.1, -0.05) is 5.16 Å². The molecule has 3 aliphatic rings. The molecule has 4 rings (SSSR count). The van der Waals surface area contributed by atoms with Gasteiger partial charge in [-0.3, -0.25) is 19.3 Å². The standard InChI is InChI=1S/C18H23N3O4/c1-10-15(11(2)25-19-10)9-18(24)20-12-3-4-13(20)8-14(7-12)21-16(22)5-6-17(21)23/h12-14H,3-9H2,1-2H3. The third-order valence-corrected chi connectivity index (χ3v) is 5.96. The van der Waals surface area contributed by atoms with E-state index in [4.69, 9.17) is 4.52 Å². The first-order chi connectivity index (χ1) is 12.0. The van der Waals surface area contributed by atoms with Gasteiger partial charge in [0.25, 0.3) is 0 Å². The number of hydrogen-bond acceptors (Lipinski definition) is 5. The Morgan fingerprint density at radius 3 is 2.20 bits per heavy atom. The minimum absolute atomic E-state index is 0.0388. The average Bonchev–Trinajstić information content (AvgIpc) is 3.16. The first-order valence-electron chi connectivity index (χ1n) is 9.03. The summed E-state index contributed by atoms with van der Waals surface area (Å²) >= 11 is 0. The Hall–Kier alpha value is -2.18. The van der Waals surface area contributed by atoms with E-state index in [1.165, 1.54) is 4.90 Å². The molecule has 1 aromatic heterocycles. The zero-order chi connectivity index (χ0) is 17.7. The van der Waals surface area contributed by atoms with Crippen LogP contribution in [-0.2, 0) is 20.8 Å². The number of fused-ring (bicyclic) bond motifs is 2. The van der Waals surface area contributed by atoms with Crippen molar-refractivity contribution in [3.8, 4) is 0 Å². The number of piperidine rings is 1. The van der Waals surface area contributed by atoms with Gasteiger partial charge in [-0.05, 0) is 39.5 Å². The number of amides is 3. The van der Waals surface area contributed by atoms with Gasteiger partial charge in [-0.2, -0.15) is 0 Å². The van der Waals surface area contributed by atoms with Crippen LogP contribution in [0, 0.1) is 13.8 Å². The van der Waals surface area contributed by atoms with E-state index in [1.54, 1.807) is 0 Å². The molecule has 0 spiro atoms. The van der Waals surface area contributed by atoms with Gasteiger partial charge in [-0.25, -0.2) is 0 Å². The maximum absolute atomic E-state index is 12.9. The number of aromatic nitrogens is 1. The van der Waals surface area contributed by atoms with Crippen LogP contribution in [-0.4, -0.2) is 50.8 Å². The molecule has 3 saturated heterocycles. The molecule has 2 atom stereocenters. The summed E-state index contributed by atoms with van der Waals surface area (Å²) in [4.78, 5) is 40.4. The molecule has 0 N–H and O–H groups in total. The van der Waals surface area contributed by atoms with Gasteiger partial charge in [0.15, 0.2) is 0 Å². The second-order valence-corrected chi connectivity index (χ2v) is 7.45. The first kappa shape index (κ1) is 16.3. The zero-order valence-electron chi connectivity index (χ0n) is 14.7. The number of carbonyl (C=O) groups excluding carboxylic acids is 3. The van der Waals surface area contributed by atoms with Crippen molar-refractivity contribution in [2.45, 2.75) is 76.9 Å². The fraction of sp³-hybridized carbons (Fsp3) is 0.667. The zero-order valence-corrected chi connectivity index (χ0v) is 14.7. The molecule has 4 heterocycles. The molecule has 0 saturated carbocycles. The SMILES string of the molecule is Cc1noc(C)c1CC(=O)N1C2CCC1CC(N1C(=O)CCC1=O)C2. The van der Waals surface area contributed by atoms with Gasteiger partial charge >= 0.3 is 0 Å². The van der Waals surface area contributed by atoms with Crippen molar-refractivity contribution >= 4 is 17.7 Å². The van der Waals surface area contributed by atoms with Crippen molar-refractivity contribution in [3.05, 3.63) is 17.0 Å². The maximum Gasteiger partial charge on any atom is 0.229 e. The van der Waals surface area contributed by atoms with E-state index in [2.05, 4.69) is 5.16 Å². The molecule has 0 aliphatic carbocycles. The third-order valence-electron chi connectivity index (χ3n) is 5.96. The summed E-state index contributed by atoms with van der Waals surface area (Å²) < 4.78 is 5.16. The quantitative estimate of drug-likeness (QED) is 0.775. The maximum atomic E-state index is 12.9. The molecular formula is C18H23N3O4. The predicted molar refractivity (Wildman–Crippen MR) is 87.4 cm³/mol. The lowest BCUT2D eigenvalue weighted by atomic mass is 9.95. The monoisotopic (exact) mass is 345 g/mol. The van der Waals surface area contributed by atoms with E-state index in [0.717, 1.165) is 24.1 Å². The lowest BCUT2D eigenvalue weighted by Crippen LogP contribution is -2.54. The molecule has 3 aliphatic heterocycles. The van der Waals surface area contributed by atoms with Crippen LogP contribution in [0.25, 0.3) is 0 Å². The van der Waals surface area contributed by atoms with Crippen molar-refractivity contribution < 1.29 is 18.9 Å². The molecule has 2 bridgehead atoms. The van der Waals surface area contributed by atoms with Crippen LogP contribution in [0.4, 0.5) is 0 Å². The van der Waals surface area contributed by atoms with Crippen LogP contribution in [0.3, 0.4) is 0 Å². The number of imide groups is 1. The molecule has 25 heavy (non-hydrogen) atoms. The Morgan fingerprint density at radius 2 is 1.68 bits per heavy atom. The van der Waals surface area contributed by atoms with E-state index in [1.807, 2.05) is 18.7 Å². The number of nitrogens with zero attached hydrogens (tertiary/aromatic N) is 3. The van der Waals surface area contributed by atoms with Gasteiger partial charge < -0.3 is 9.42 Å². The minimum atomic E-state index is -0.0510. The van der Waals surface area contributed by atoms with E-state index in [-0.39, 0.29) is 35.8 Å². The molecule has 3 amide bonds. The largest absolute Gasteiger partial charge is 0.361 e. The van der Waals surface area contributed by atoms with Gasteiger partial charge in [0.2, 0.25) is 17.7 Å². The molecule has 0 radical (unpaired) electrons. The molecule has 134 valence electrons. The van der Waals surface area contributed by atoms with Crippen LogP contribution in [0.1, 0.15) is 55.5 Å². The second-order valence-electron chi connectivity index (χ2n) is 7.45. The number of hydrogen-bond donors (Lipinski definition) is 0. The average molecular weight is 345 g/mol. The Bertz CT molecular complexity index is 691. The molecule has 0 aromatic carbocycles. The summed E-state index contributed by atoms with van der Waals surface area (Å²) in [5.41, 5.74) is 1.64. The number of aryl methyl sites for hydroxylation is 2. The van der Waals surface area contributed by atoms with Crippen LogP contribution >= 0.6 is 0 Å². The fourth-order valence-electron chi connectivity index (χ4n) is 4.76. The van der Waals surface area contributed by atoms with Crippen LogP contribution in [0.2, 0.25) is 0 Å². The highest BCUT2D eigenvalue weighted by Crippen LogP contribution is 2.39. The Labute approximate surface area is 146 Å². The van der Waals surface area contributed by atoms with Crippen molar-refractivity contribution in [1.82, 2.24) is 15.0 Å². The van der Waals surface area contributed by atoms with Crippen LogP contribution in [0.5, 0.6) is 0 Å². The van der Waals surface area contributed by atoms with Gasteiger partial charge in [0.1, 0.15) is 5.76 Å². The van der Waals surface area contributed by atoms with Gasteiger partial charge in [0.05, 0.1) is 12.1 Å². The topological polar surface area (TPSA) is 83.7 Å². The Balaban J connectivity index is 1.48.